The first-order chi connectivity index (χ1) is 10.2. The van der Waals surface area contributed by atoms with Crippen molar-refractivity contribution in [1.82, 2.24) is 5.32 Å². The third-order valence-electron chi connectivity index (χ3n) is 4.06. The zero-order valence-corrected chi connectivity index (χ0v) is 14.7. The molecule has 1 aliphatic heterocycles. The first-order valence-corrected chi connectivity index (χ1v) is 9.56. The quantitative estimate of drug-likeness (QED) is 0.880. The van der Waals surface area contributed by atoms with Crippen molar-refractivity contribution in [3.05, 3.63) is 56.3 Å². The summed E-state index contributed by atoms with van der Waals surface area (Å²) < 4.78 is 0. The van der Waals surface area contributed by atoms with E-state index in [9.17, 15) is 0 Å². The second kappa shape index (κ2) is 6.55. The number of likely N-dealkylation sites (N-methyl/N-ethyl adjacent to an activating group) is 1. The van der Waals surface area contributed by atoms with Crippen LogP contribution in [0.5, 0.6) is 0 Å². The lowest BCUT2D eigenvalue weighted by molar-refractivity contribution is 0.601. The Balaban J connectivity index is 1.82. The normalized spacial score (nSPS) is 15.8. The molecule has 2 heterocycles. The maximum atomic E-state index is 3.52. The largest absolute Gasteiger partial charge is 0.312 e. The number of hydrogen-bond acceptors (Lipinski definition) is 3. The summed E-state index contributed by atoms with van der Waals surface area (Å²) in [4.78, 5) is 3.12. The predicted molar refractivity (Wildman–Crippen MR) is 95.6 cm³/mol. The Morgan fingerprint density at radius 2 is 1.90 bits per heavy atom. The van der Waals surface area contributed by atoms with E-state index in [4.69, 9.17) is 0 Å². The summed E-state index contributed by atoms with van der Waals surface area (Å²) in [6.45, 7) is 4.37. The molecule has 3 rings (SSSR count). The molecule has 3 heteroatoms. The van der Waals surface area contributed by atoms with Crippen molar-refractivity contribution in [3.8, 4) is 0 Å². The lowest BCUT2D eigenvalue weighted by atomic mass is 10.00. The van der Waals surface area contributed by atoms with Crippen molar-refractivity contribution in [2.45, 2.75) is 38.5 Å². The van der Waals surface area contributed by atoms with E-state index < -0.39 is 0 Å². The fourth-order valence-electron chi connectivity index (χ4n) is 3.11. The smallest absolute Gasteiger partial charge is 0.0453 e. The van der Waals surface area contributed by atoms with Gasteiger partial charge in [-0.1, -0.05) is 29.3 Å². The molecule has 21 heavy (non-hydrogen) atoms. The summed E-state index contributed by atoms with van der Waals surface area (Å²) in [7, 11) is 2.08. The van der Waals surface area contributed by atoms with Crippen molar-refractivity contribution in [2.24, 2.45) is 0 Å². The third-order valence-corrected chi connectivity index (χ3v) is 6.42. The Morgan fingerprint density at radius 1 is 1.14 bits per heavy atom. The van der Waals surface area contributed by atoms with Crippen LogP contribution in [-0.2, 0) is 18.6 Å². The standard InChI is InChI=1S/C18H23NS2/c1-12-6-13(2)8-14(7-12)9-16(19-3)18-10-15-11-20-5-4-17(15)21-18/h6-8,10,16,19H,4-5,9,11H2,1-3H3. The van der Waals surface area contributed by atoms with E-state index in [0.29, 0.717) is 6.04 Å². The Kier molecular flexibility index (Phi) is 4.72. The van der Waals surface area contributed by atoms with Gasteiger partial charge in [-0.25, -0.2) is 0 Å². The number of benzene rings is 1. The molecule has 1 aromatic carbocycles. The highest BCUT2D eigenvalue weighted by molar-refractivity contribution is 7.98. The number of hydrogen-bond donors (Lipinski definition) is 1. The van der Waals surface area contributed by atoms with E-state index >= 15 is 0 Å². The molecule has 0 bridgehead atoms. The van der Waals surface area contributed by atoms with Gasteiger partial charge < -0.3 is 5.32 Å². The average molecular weight is 318 g/mol. The average Bonchev–Trinajstić information content (AvgIpc) is 2.87. The number of thioether (sulfide) groups is 1. The lowest BCUT2D eigenvalue weighted by Gasteiger charge is -2.15. The highest BCUT2D eigenvalue weighted by atomic mass is 32.2. The SMILES string of the molecule is CNC(Cc1cc(C)cc(C)c1)c1cc2c(s1)CCSC2. The fourth-order valence-corrected chi connectivity index (χ4v) is 5.60. The van der Waals surface area contributed by atoms with E-state index in [2.05, 4.69) is 62.2 Å². The molecule has 0 saturated carbocycles. The minimum Gasteiger partial charge on any atom is -0.312 e. The van der Waals surface area contributed by atoms with Crippen LogP contribution in [0.25, 0.3) is 0 Å². The van der Waals surface area contributed by atoms with Gasteiger partial charge in [0, 0.05) is 21.5 Å². The molecule has 1 nitrogen and oxygen atoms in total. The topological polar surface area (TPSA) is 12.0 Å². The zero-order valence-electron chi connectivity index (χ0n) is 13.0. The monoisotopic (exact) mass is 317 g/mol. The Morgan fingerprint density at radius 3 is 2.57 bits per heavy atom. The predicted octanol–water partition coefficient (Wildman–Crippen LogP) is 4.66. The zero-order chi connectivity index (χ0) is 14.8. The summed E-state index contributed by atoms with van der Waals surface area (Å²) in [6.07, 6.45) is 2.33. The molecule has 0 aliphatic carbocycles. The molecular weight excluding hydrogens is 294 g/mol. The van der Waals surface area contributed by atoms with Gasteiger partial charge in [-0.3, -0.25) is 0 Å². The molecule has 1 atom stereocenters. The summed E-state index contributed by atoms with van der Waals surface area (Å²) in [6, 6.07) is 9.77. The molecule has 0 spiro atoms. The second-order valence-corrected chi connectivity index (χ2v) is 8.21. The van der Waals surface area contributed by atoms with Gasteiger partial charge in [0.15, 0.2) is 0 Å². The minimum absolute atomic E-state index is 0.437. The van der Waals surface area contributed by atoms with Gasteiger partial charge in [0.25, 0.3) is 0 Å². The van der Waals surface area contributed by atoms with E-state index in [1.807, 2.05) is 11.3 Å². The van der Waals surface area contributed by atoms with Gasteiger partial charge in [-0.05, 0) is 56.7 Å². The summed E-state index contributed by atoms with van der Waals surface area (Å²) in [5.74, 6) is 2.49. The molecule has 1 unspecified atom stereocenters. The Labute approximate surface area is 136 Å². The van der Waals surface area contributed by atoms with Crippen LogP contribution < -0.4 is 5.32 Å². The van der Waals surface area contributed by atoms with Crippen LogP contribution in [0.4, 0.5) is 0 Å². The maximum Gasteiger partial charge on any atom is 0.0453 e. The van der Waals surface area contributed by atoms with Gasteiger partial charge in [0.05, 0.1) is 0 Å². The molecule has 0 saturated heterocycles. The van der Waals surface area contributed by atoms with E-state index in [1.165, 1.54) is 39.5 Å². The third kappa shape index (κ3) is 3.53. The summed E-state index contributed by atoms with van der Waals surface area (Å²) in [5.41, 5.74) is 5.74. The molecule has 2 aromatic rings. The molecule has 1 N–H and O–H groups in total. The number of rotatable bonds is 4. The molecule has 0 fully saturated rings. The highest BCUT2D eigenvalue weighted by Crippen LogP contribution is 2.35. The fraction of sp³-hybridized carbons (Fsp3) is 0.444. The van der Waals surface area contributed by atoms with Crippen LogP contribution in [0, 0.1) is 13.8 Å². The van der Waals surface area contributed by atoms with Crippen LogP contribution >= 0.6 is 23.1 Å². The number of nitrogens with one attached hydrogen (secondary N) is 1. The van der Waals surface area contributed by atoms with Crippen LogP contribution in [0.2, 0.25) is 0 Å². The van der Waals surface area contributed by atoms with Crippen molar-refractivity contribution in [2.75, 3.05) is 12.8 Å². The van der Waals surface area contributed by atoms with Gasteiger partial charge in [-0.2, -0.15) is 11.8 Å². The van der Waals surface area contributed by atoms with Crippen molar-refractivity contribution in [3.63, 3.8) is 0 Å². The summed E-state index contributed by atoms with van der Waals surface area (Å²) in [5, 5.41) is 3.52. The lowest BCUT2D eigenvalue weighted by Crippen LogP contribution is -2.17. The van der Waals surface area contributed by atoms with E-state index in [-0.39, 0.29) is 0 Å². The summed E-state index contributed by atoms with van der Waals surface area (Å²) >= 11 is 4.08. The number of aryl methyl sites for hydroxylation is 3. The van der Waals surface area contributed by atoms with Crippen LogP contribution in [0.1, 0.15) is 38.0 Å². The molecule has 112 valence electrons. The molecule has 0 amide bonds. The first kappa shape index (κ1) is 15.1. The minimum atomic E-state index is 0.437. The van der Waals surface area contributed by atoms with Crippen LogP contribution in [0.3, 0.4) is 0 Å². The van der Waals surface area contributed by atoms with Gasteiger partial charge in [0.2, 0.25) is 0 Å². The van der Waals surface area contributed by atoms with Crippen LogP contribution in [0.15, 0.2) is 24.3 Å². The first-order valence-electron chi connectivity index (χ1n) is 7.59. The second-order valence-electron chi connectivity index (χ2n) is 5.94. The molecular formula is C18H23NS2. The molecule has 1 aromatic heterocycles. The van der Waals surface area contributed by atoms with Gasteiger partial charge in [-0.15, -0.1) is 11.3 Å². The van der Waals surface area contributed by atoms with Crippen molar-refractivity contribution < 1.29 is 0 Å². The van der Waals surface area contributed by atoms with Gasteiger partial charge >= 0.3 is 0 Å². The van der Waals surface area contributed by atoms with Crippen molar-refractivity contribution in [1.29, 1.82) is 0 Å². The van der Waals surface area contributed by atoms with Crippen molar-refractivity contribution >= 4 is 23.1 Å². The highest BCUT2D eigenvalue weighted by Gasteiger charge is 2.18. The van der Waals surface area contributed by atoms with E-state index in [0.717, 1.165) is 6.42 Å². The number of fused-ring (bicyclic) bond motifs is 1. The van der Waals surface area contributed by atoms with Gasteiger partial charge in [0.1, 0.15) is 0 Å². The maximum absolute atomic E-state index is 3.52. The Bertz CT molecular complexity index is 586. The number of thiophene rings is 1. The van der Waals surface area contributed by atoms with E-state index in [1.54, 1.807) is 10.4 Å². The van der Waals surface area contributed by atoms with Crippen LogP contribution in [-0.4, -0.2) is 12.8 Å². The molecule has 0 radical (unpaired) electrons. The molecule has 1 aliphatic rings. The Hall–Kier alpha value is -0.770.